The van der Waals surface area contributed by atoms with Crippen molar-refractivity contribution in [2.75, 3.05) is 6.61 Å². The van der Waals surface area contributed by atoms with Gasteiger partial charge in [-0.1, -0.05) is 25.1 Å². The van der Waals surface area contributed by atoms with Crippen LogP contribution in [-0.2, 0) is 4.79 Å². The molecule has 0 radical (unpaired) electrons. The summed E-state index contributed by atoms with van der Waals surface area (Å²) in [7, 11) is 0. The Bertz CT molecular complexity index is 516. The summed E-state index contributed by atoms with van der Waals surface area (Å²) in [5.41, 5.74) is 5.84. The molecule has 1 aromatic carbocycles. The number of carbonyl (C=O) groups excluding carboxylic acids is 1. The van der Waals surface area contributed by atoms with Crippen molar-refractivity contribution < 1.29 is 13.9 Å². The molecular weight excluding hydrogens is 279 g/mol. The van der Waals surface area contributed by atoms with E-state index in [0.29, 0.717) is 5.56 Å². The van der Waals surface area contributed by atoms with E-state index in [0.717, 1.165) is 25.7 Å². The number of benzene rings is 1. The van der Waals surface area contributed by atoms with Crippen LogP contribution >= 0.6 is 12.2 Å². The Balaban J connectivity index is 1.86. The van der Waals surface area contributed by atoms with Crippen LogP contribution in [0.2, 0.25) is 0 Å². The van der Waals surface area contributed by atoms with Crippen LogP contribution in [0, 0.1) is 5.82 Å². The van der Waals surface area contributed by atoms with Crippen molar-refractivity contribution in [3.63, 3.8) is 0 Å². The fourth-order valence-corrected chi connectivity index (χ4v) is 2.38. The van der Waals surface area contributed by atoms with Crippen molar-refractivity contribution in [2.24, 2.45) is 5.73 Å². The number of thiocarbonyl (C=S) groups is 1. The maximum absolute atomic E-state index is 13.7. The Morgan fingerprint density at radius 2 is 2.15 bits per heavy atom. The van der Waals surface area contributed by atoms with Crippen molar-refractivity contribution in [1.82, 2.24) is 5.32 Å². The minimum atomic E-state index is -0.580. The number of rotatable bonds is 5. The van der Waals surface area contributed by atoms with E-state index in [4.69, 9.17) is 22.7 Å². The van der Waals surface area contributed by atoms with Gasteiger partial charge in [0.1, 0.15) is 4.99 Å². The van der Waals surface area contributed by atoms with Crippen LogP contribution in [0.25, 0.3) is 0 Å². The minimum absolute atomic E-state index is 0.0200. The van der Waals surface area contributed by atoms with Gasteiger partial charge >= 0.3 is 0 Å². The van der Waals surface area contributed by atoms with Gasteiger partial charge in [0.2, 0.25) is 0 Å². The fraction of sp³-hybridized carbons (Fsp3) is 0.429. The molecule has 4 nitrogen and oxygen atoms in total. The minimum Gasteiger partial charge on any atom is -0.481 e. The molecule has 0 heterocycles. The van der Waals surface area contributed by atoms with Crippen molar-refractivity contribution >= 4 is 23.1 Å². The van der Waals surface area contributed by atoms with Gasteiger partial charge in [0.05, 0.1) is 0 Å². The summed E-state index contributed by atoms with van der Waals surface area (Å²) in [6.45, 7) is -0.195. The third-order valence-corrected chi connectivity index (χ3v) is 3.53. The number of hydrogen-bond acceptors (Lipinski definition) is 3. The SMILES string of the molecule is NC(=S)c1ccc(OCC(=O)NC2CCCC2)c(F)c1. The van der Waals surface area contributed by atoms with Gasteiger partial charge in [-0.25, -0.2) is 4.39 Å². The zero-order valence-electron chi connectivity index (χ0n) is 11.0. The van der Waals surface area contributed by atoms with Crippen LogP contribution < -0.4 is 15.8 Å². The molecule has 1 aliphatic rings. The molecular formula is C14H17FN2O2S. The lowest BCUT2D eigenvalue weighted by molar-refractivity contribution is -0.123. The second-order valence-electron chi connectivity index (χ2n) is 4.85. The van der Waals surface area contributed by atoms with E-state index in [1.54, 1.807) is 6.07 Å². The Labute approximate surface area is 122 Å². The zero-order valence-corrected chi connectivity index (χ0v) is 11.8. The third kappa shape index (κ3) is 3.90. The van der Waals surface area contributed by atoms with Gasteiger partial charge in [-0.3, -0.25) is 4.79 Å². The van der Waals surface area contributed by atoms with Gasteiger partial charge in [-0.2, -0.15) is 0 Å². The zero-order chi connectivity index (χ0) is 14.5. The predicted octanol–water partition coefficient (Wildman–Crippen LogP) is 1.90. The number of nitrogens with two attached hydrogens (primary N) is 1. The highest BCUT2D eigenvalue weighted by atomic mass is 32.1. The lowest BCUT2D eigenvalue weighted by Crippen LogP contribution is -2.36. The first-order valence-corrected chi connectivity index (χ1v) is 6.98. The van der Waals surface area contributed by atoms with Crippen molar-refractivity contribution in [3.05, 3.63) is 29.6 Å². The number of amides is 1. The highest BCUT2D eigenvalue weighted by Crippen LogP contribution is 2.19. The summed E-state index contributed by atoms with van der Waals surface area (Å²) in [5, 5.41) is 2.87. The first-order valence-electron chi connectivity index (χ1n) is 6.58. The van der Waals surface area contributed by atoms with Gasteiger partial charge in [-0.05, 0) is 31.0 Å². The van der Waals surface area contributed by atoms with Crippen LogP contribution in [0.3, 0.4) is 0 Å². The predicted molar refractivity (Wildman–Crippen MR) is 78.2 cm³/mol. The van der Waals surface area contributed by atoms with E-state index < -0.39 is 5.82 Å². The molecule has 2 rings (SSSR count). The summed E-state index contributed by atoms with van der Waals surface area (Å²) in [5.74, 6) is -0.787. The number of ether oxygens (including phenoxy) is 1. The lowest BCUT2D eigenvalue weighted by atomic mass is 10.2. The molecule has 0 atom stereocenters. The molecule has 1 aromatic rings. The molecule has 108 valence electrons. The maximum Gasteiger partial charge on any atom is 0.258 e. The molecule has 1 amide bonds. The number of halogens is 1. The van der Waals surface area contributed by atoms with Crippen LogP contribution in [0.1, 0.15) is 31.2 Å². The molecule has 0 unspecified atom stereocenters. The third-order valence-electron chi connectivity index (χ3n) is 3.30. The number of carbonyl (C=O) groups is 1. The van der Waals surface area contributed by atoms with Crippen molar-refractivity contribution in [3.8, 4) is 5.75 Å². The van der Waals surface area contributed by atoms with Crippen LogP contribution in [0.4, 0.5) is 4.39 Å². The smallest absolute Gasteiger partial charge is 0.258 e. The molecule has 1 aliphatic carbocycles. The van der Waals surface area contributed by atoms with E-state index in [1.165, 1.54) is 12.1 Å². The molecule has 1 fully saturated rings. The van der Waals surface area contributed by atoms with E-state index in [1.807, 2.05) is 0 Å². The van der Waals surface area contributed by atoms with Crippen LogP contribution in [0.15, 0.2) is 18.2 Å². The molecule has 0 aromatic heterocycles. The summed E-state index contributed by atoms with van der Waals surface area (Å²) < 4.78 is 18.9. The average Bonchev–Trinajstić information content (AvgIpc) is 2.90. The molecule has 0 spiro atoms. The fourth-order valence-electron chi connectivity index (χ4n) is 2.25. The van der Waals surface area contributed by atoms with E-state index in [2.05, 4.69) is 5.32 Å². The Hall–Kier alpha value is -1.69. The standard InChI is InChI=1S/C14H17FN2O2S/c15-11-7-9(14(16)20)5-6-12(11)19-8-13(18)17-10-3-1-2-4-10/h5-7,10H,1-4,8H2,(H2,16,20)(H,17,18). The summed E-state index contributed by atoms with van der Waals surface area (Å²) in [6, 6.07) is 4.42. The Morgan fingerprint density at radius 1 is 1.45 bits per heavy atom. The lowest BCUT2D eigenvalue weighted by Gasteiger charge is -2.13. The van der Waals surface area contributed by atoms with Gasteiger partial charge in [0.25, 0.3) is 5.91 Å². The molecule has 20 heavy (non-hydrogen) atoms. The average molecular weight is 296 g/mol. The topological polar surface area (TPSA) is 64.3 Å². The molecule has 0 aliphatic heterocycles. The van der Waals surface area contributed by atoms with E-state index in [9.17, 15) is 9.18 Å². The van der Waals surface area contributed by atoms with Gasteiger partial charge < -0.3 is 15.8 Å². The summed E-state index contributed by atoms with van der Waals surface area (Å²) in [6.07, 6.45) is 4.28. The second kappa shape index (κ2) is 6.65. The quantitative estimate of drug-likeness (QED) is 0.815. The van der Waals surface area contributed by atoms with E-state index in [-0.39, 0.29) is 29.3 Å². The van der Waals surface area contributed by atoms with Crippen molar-refractivity contribution in [2.45, 2.75) is 31.7 Å². The summed E-state index contributed by atoms with van der Waals surface area (Å²) in [4.78, 5) is 11.8. The molecule has 6 heteroatoms. The maximum atomic E-state index is 13.7. The highest BCUT2D eigenvalue weighted by molar-refractivity contribution is 7.80. The largest absolute Gasteiger partial charge is 0.481 e. The Morgan fingerprint density at radius 3 is 2.75 bits per heavy atom. The number of hydrogen-bond donors (Lipinski definition) is 2. The first-order chi connectivity index (χ1) is 9.56. The number of nitrogens with one attached hydrogen (secondary N) is 1. The van der Waals surface area contributed by atoms with E-state index >= 15 is 0 Å². The van der Waals surface area contributed by atoms with Crippen LogP contribution in [-0.4, -0.2) is 23.5 Å². The molecule has 3 N–H and O–H groups in total. The second-order valence-corrected chi connectivity index (χ2v) is 5.29. The Kier molecular flexibility index (Phi) is 4.89. The van der Waals surface area contributed by atoms with Crippen molar-refractivity contribution in [1.29, 1.82) is 0 Å². The summed E-state index contributed by atoms with van der Waals surface area (Å²) >= 11 is 4.76. The normalized spacial score (nSPS) is 15.1. The highest BCUT2D eigenvalue weighted by Gasteiger charge is 2.17. The van der Waals surface area contributed by atoms with Gasteiger partial charge in [-0.15, -0.1) is 0 Å². The van der Waals surface area contributed by atoms with Gasteiger partial charge in [0.15, 0.2) is 18.2 Å². The van der Waals surface area contributed by atoms with Crippen LogP contribution in [0.5, 0.6) is 5.75 Å². The molecule has 0 saturated heterocycles. The molecule has 0 bridgehead atoms. The van der Waals surface area contributed by atoms with Gasteiger partial charge in [0, 0.05) is 11.6 Å². The monoisotopic (exact) mass is 296 g/mol. The first kappa shape index (κ1) is 14.7. The molecule has 1 saturated carbocycles.